The lowest BCUT2D eigenvalue weighted by atomic mass is 9.86. The second-order valence-electron chi connectivity index (χ2n) is 7.01. The second-order valence-corrected chi connectivity index (χ2v) is 7.01. The first kappa shape index (κ1) is 16.0. The third-order valence-corrected chi connectivity index (χ3v) is 4.51. The van der Waals surface area contributed by atoms with Crippen LogP contribution in [0.5, 0.6) is 0 Å². The average Bonchev–Trinajstić information content (AvgIpc) is 2.52. The minimum Gasteiger partial charge on any atom is -0.314 e. The van der Waals surface area contributed by atoms with Gasteiger partial charge in [-0.1, -0.05) is 34.6 Å². The van der Waals surface area contributed by atoms with Gasteiger partial charge in [-0.25, -0.2) is 0 Å². The van der Waals surface area contributed by atoms with E-state index in [0.717, 1.165) is 12.5 Å². The van der Waals surface area contributed by atoms with E-state index >= 15 is 0 Å². The van der Waals surface area contributed by atoms with E-state index in [1.807, 2.05) is 0 Å². The van der Waals surface area contributed by atoms with Crippen LogP contribution in [0.25, 0.3) is 0 Å². The minimum absolute atomic E-state index is 0.428. The van der Waals surface area contributed by atoms with Crippen LogP contribution in [-0.2, 0) is 0 Å². The summed E-state index contributed by atoms with van der Waals surface area (Å²) in [6, 6.07) is 0.597. The molecule has 1 aliphatic heterocycles. The molecule has 1 fully saturated rings. The molecule has 0 radical (unpaired) electrons. The molecule has 1 heterocycles. The zero-order valence-electron chi connectivity index (χ0n) is 13.3. The SMILES string of the molecule is CCC(C)(CNC(C)C)CN1CCCC(C)CC1. The predicted molar refractivity (Wildman–Crippen MR) is 81.0 cm³/mol. The van der Waals surface area contributed by atoms with Gasteiger partial charge in [0.05, 0.1) is 0 Å². The van der Waals surface area contributed by atoms with E-state index in [0.29, 0.717) is 11.5 Å². The fourth-order valence-electron chi connectivity index (χ4n) is 2.76. The smallest absolute Gasteiger partial charge is 0.00474 e. The van der Waals surface area contributed by atoms with Gasteiger partial charge in [-0.05, 0) is 50.1 Å². The highest BCUT2D eigenvalue weighted by Crippen LogP contribution is 2.25. The maximum Gasteiger partial charge on any atom is 0.00474 e. The van der Waals surface area contributed by atoms with Crippen LogP contribution in [-0.4, -0.2) is 37.1 Å². The molecule has 0 aromatic heterocycles. The van der Waals surface area contributed by atoms with Crippen LogP contribution in [0.2, 0.25) is 0 Å². The lowest BCUT2D eigenvalue weighted by Gasteiger charge is -2.35. The maximum atomic E-state index is 3.62. The zero-order valence-corrected chi connectivity index (χ0v) is 13.3. The Morgan fingerprint density at radius 3 is 2.61 bits per heavy atom. The third-order valence-electron chi connectivity index (χ3n) is 4.51. The van der Waals surface area contributed by atoms with Crippen molar-refractivity contribution in [3.8, 4) is 0 Å². The van der Waals surface area contributed by atoms with Gasteiger partial charge in [0.2, 0.25) is 0 Å². The van der Waals surface area contributed by atoms with Gasteiger partial charge >= 0.3 is 0 Å². The molecule has 0 amide bonds. The van der Waals surface area contributed by atoms with E-state index in [4.69, 9.17) is 0 Å². The van der Waals surface area contributed by atoms with Crippen LogP contribution in [0.3, 0.4) is 0 Å². The first-order chi connectivity index (χ1) is 8.45. The van der Waals surface area contributed by atoms with Crippen molar-refractivity contribution in [3.05, 3.63) is 0 Å². The summed E-state index contributed by atoms with van der Waals surface area (Å²) in [4.78, 5) is 2.70. The number of hydrogen-bond donors (Lipinski definition) is 1. The van der Waals surface area contributed by atoms with Crippen molar-refractivity contribution in [3.63, 3.8) is 0 Å². The summed E-state index contributed by atoms with van der Waals surface area (Å²) in [7, 11) is 0. The van der Waals surface area contributed by atoms with Gasteiger partial charge in [-0.15, -0.1) is 0 Å². The summed E-state index contributed by atoms with van der Waals surface area (Å²) in [5.74, 6) is 0.927. The number of likely N-dealkylation sites (tertiary alicyclic amines) is 1. The second kappa shape index (κ2) is 7.49. The van der Waals surface area contributed by atoms with Crippen LogP contribution < -0.4 is 5.32 Å². The molecule has 1 rings (SSSR count). The Bertz CT molecular complexity index is 227. The highest BCUT2D eigenvalue weighted by Gasteiger charge is 2.26. The van der Waals surface area contributed by atoms with Crippen molar-refractivity contribution in [1.82, 2.24) is 10.2 Å². The van der Waals surface area contributed by atoms with Crippen molar-refractivity contribution in [2.75, 3.05) is 26.2 Å². The molecule has 2 nitrogen and oxygen atoms in total. The minimum atomic E-state index is 0.428. The van der Waals surface area contributed by atoms with Crippen LogP contribution >= 0.6 is 0 Å². The van der Waals surface area contributed by atoms with Crippen molar-refractivity contribution in [2.45, 2.75) is 66.3 Å². The van der Waals surface area contributed by atoms with E-state index in [1.165, 1.54) is 45.3 Å². The first-order valence-electron chi connectivity index (χ1n) is 7.91. The van der Waals surface area contributed by atoms with Gasteiger partial charge in [-0.2, -0.15) is 0 Å². The molecule has 1 aliphatic rings. The largest absolute Gasteiger partial charge is 0.314 e. The lowest BCUT2D eigenvalue weighted by Crippen LogP contribution is -2.44. The molecule has 0 bridgehead atoms. The number of nitrogens with one attached hydrogen (secondary N) is 1. The Kier molecular flexibility index (Phi) is 6.65. The average molecular weight is 254 g/mol. The van der Waals surface area contributed by atoms with Gasteiger partial charge in [-0.3, -0.25) is 0 Å². The molecule has 2 atom stereocenters. The summed E-state index contributed by atoms with van der Waals surface area (Å²) in [6.07, 6.45) is 5.46. The molecule has 0 aromatic carbocycles. The van der Waals surface area contributed by atoms with E-state index in [9.17, 15) is 0 Å². The predicted octanol–water partition coefficient (Wildman–Crippen LogP) is 3.52. The van der Waals surface area contributed by atoms with Crippen LogP contribution in [0.4, 0.5) is 0 Å². The number of hydrogen-bond acceptors (Lipinski definition) is 2. The molecule has 1 N–H and O–H groups in total. The Balaban J connectivity index is 2.45. The maximum absolute atomic E-state index is 3.62. The Morgan fingerprint density at radius 2 is 2.00 bits per heavy atom. The lowest BCUT2D eigenvalue weighted by molar-refractivity contribution is 0.155. The number of nitrogens with zero attached hydrogens (tertiary/aromatic N) is 1. The third kappa shape index (κ3) is 5.71. The zero-order chi connectivity index (χ0) is 13.6. The van der Waals surface area contributed by atoms with Crippen molar-refractivity contribution in [2.24, 2.45) is 11.3 Å². The molecule has 0 spiro atoms. The van der Waals surface area contributed by atoms with Crippen LogP contribution in [0.1, 0.15) is 60.3 Å². The molecule has 18 heavy (non-hydrogen) atoms. The van der Waals surface area contributed by atoms with Gasteiger partial charge in [0.15, 0.2) is 0 Å². The standard InChI is InChI=1S/C16H34N2/c1-6-16(5,12-17-14(2)3)13-18-10-7-8-15(4)9-11-18/h14-15,17H,6-13H2,1-5H3. The Hall–Kier alpha value is -0.0800. The van der Waals surface area contributed by atoms with Crippen LogP contribution in [0, 0.1) is 11.3 Å². The van der Waals surface area contributed by atoms with Crippen molar-refractivity contribution in [1.29, 1.82) is 0 Å². The molecule has 108 valence electrons. The first-order valence-corrected chi connectivity index (χ1v) is 7.91. The summed E-state index contributed by atoms with van der Waals surface area (Å²) in [5.41, 5.74) is 0.428. The van der Waals surface area contributed by atoms with Gasteiger partial charge < -0.3 is 10.2 Å². The normalized spacial score (nSPS) is 26.0. The Labute approximate surface area is 115 Å². The van der Waals surface area contributed by atoms with E-state index in [1.54, 1.807) is 0 Å². The summed E-state index contributed by atoms with van der Waals surface area (Å²) in [6.45, 7) is 16.7. The summed E-state index contributed by atoms with van der Waals surface area (Å²) < 4.78 is 0. The van der Waals surface area contributed by atoms with Crippen molar-refractivity contribution < 1.29 is 0 Å². The molecule has 2 heteroatoms. The van der Waals surface area contributed by atoms with Crippen molar-refractivity contribution >= 4 is 0 Å². The molecule has 2 unspecified atom stereocenters. The highest BCUT2D eigenvalue weighted by atomic mass is 15.1. The van der Waals surface area contributed by atoms with E-state index in [-0.39, 0.29) is 0 Å². The molecule has 1 saturated heterocycles. The van der Waals surface area contributed by atoms with E-state index in [2.05, 4.69) is 44.8 Å². The molecule has 0 saturated carbocycles. The van der Waals surface area contributed by atoms with Gasteiger partial charge in [0, 0.05) is 19.1 Å². The van der Waals surface area contributed by atoms with Gasteiger partial charge in [0.1, 0.15) is 0 Å². The van der Waals surface area contributed by atoms with Crippen LogP contribution in [0.15, 0.2) is 0 Å². The highest BCUT2D eigenvalue weighted by molar-refractivity contribution is 4.81. The molecular formula is C16H34N2. The fourth-order valence-corrected chi connectivity index (χ4v) is 2.76. The monoisotopic (exact) mass is 254 g/mol. The fraction of sp³-hybridized carbons (Fsp3) is 1.00. The van der Waals surface area contributed by atoms with Gasteiger partial charge in [0.25, 0.3) is 0 Å². The molecule has 0 aliphatic carbocycles. The summed E-state index contributed by atoms with van der Waals surface area (Å²) >= 11 is 0. The molecular weight excluding hydrogens is 220 g/mol. The Morgan fingerprint density at radius 1 is 1.28 bits per heavy atom. The molecule has 0 aromatic rings. The number of rotatable bonds is 6. The quantitative estimate of drug-likeness (QED) is 0.780. The topological polar surface area (TPSA) is 15.3 Å². The van der Waals surface area contributed by atoms with E-state index < -0.39 is 0 Å². The summed E-state index contributed by atoms with van der Waals surface area (Å²) in [5, 5.41) is 3.62.